The van der Waals surface area contributed by atoms with Gasteiger partial charge in [0, 0.05) is 36.0 Å². The van der Waals surface area contributed by atoms with E-state index < -0.39 is 5.79 Å². The zero-order chi connectivity index (χ0) is 18.5. The largest absolute Gasteiger partial charge is 0.497 e. The fourth-order valence-electron chi connectivity index (χ4n) is 3.68. The lowest BCUT2D eigenvalue weighted by atomic mass is 9.75. The second-order valence-corrected chi connectivity index (χ2v) is 6.77. The van der Waals surface area contributed by atoms with Crippen molar-refractivity contribution in [3.63, 3.8) is 0 Å². The van der Waals surface area contributed by atoms with Crippen LogP contribution in [0.1, 0.15) is 30.9 Å². The van der Waals surface area contributed by atoms with E-state index in [9.17, 15) is 5.11 Å². The highest BCUT2D eigenvalue weighted by molar-refractivity contribution is 5.58. The van der Waals surface area contributed by atoms with Crippen LogP contribution in [0.15, 0.2) is 30.3 Å². The number of fused-ring (bicyclic) bond motifs is 2. The Morgan fingerprint density at radius 3 is 2.42 bits per heavy atom. The molecule has 0 aliphatic carbocycles. The average Bonchev–Trinajstić information content (AvgIpc) is 3.08. The Hall–Kier alpha value is -2.60. The van der Waals surface area contributed by atoms with Gasteiger partial charge >= 0.3 is 0 Å². The van der Waals surface area contributed by atoms with E-state index in [1.165, 1.54) is 0 Å². The fourth-order valence-corrected chi connectivity index (χ4v) is 3.68. The summed E-state index contributed by atoms with van der Waals surface area (Å²) in [7, 11) is 3.26. The van der Waals surface area contributed by atoms with E-state index >= 15 is 0 Å². The van der Waals surface area contributed by atoms with E-state index in [-0.39, 0.29) is 18.6 Å². The molecule has 1 N–H and O–H groups in total. The summed E-state index contributed by atoms with van der Waals surface area (Å²) >= 11 is 0. The highest BCUT2D eigenvalue weighted by Gasteiger charge is 2.45. The van der Waals surface area contributed by atoms with E-state index in [0.717, 1.165) is 22.6 Å². The van der Waals surface area contributed by atoms with Gasteiger partial charge in [-0.3, -0.25) is 0 Å². The molecule has 0 spiro atoms. The highest BCUT2D eigenvalue weighted by atomic mass is 16.7. The van der Waals surface area contributed by atoms with Gasteiger partial charge in [-0.25, -0.2) is 0 Å². The molecule has 0 unspecified atom stereocenters. The first kappa shape index (κ1) is 16.8. The highest BCUT2D eigenvalue weighted by Crippen LogP contribution is 2.53. The lowest BCUT2D eigenvalue weighted by Gasteiger charge is -2.42. The number of methoxy groups -OCH3 is 2. The second kappa shape index (κ2) is 5.99. The number of hydrogen-bond donors (Lipinski definition) is 1. The van der Waals surface area contributed by atoms with Crippen LogP contribution in [-0.2, 0) is 0 Å². The lowest BCUT2D eigenvalue weighted by Crippen LogP contribution is -2.45. The first-order chi connectivity index (χ1) is 12.4. The van der Waals surface area contributed by atoms with E-state index in [4.69, 9.17) is 23.7 Å². The third-order valence-corrected chi connectivity index (χ3v) is 5.27. The minimum absolute atomic E-state index is 0.173. The quantitative estimate of drug-likeness (QED) is 0.908. The number of ether oxygens (including phenoxy) is 5. The Morgan fingerprint density at radius 1 is 1.00 bits per heavy atom. The van der Waals surface area contributed by atoms with Crippen LogP contribution in [0.5, 0.6) is 28.7 Å². The molecule has 138 valence electrons. The van der Waals surface area contributed by atoms with E-state index in [1.54, 1.807) is 27.2 Å². The predicted molar refractivity (Wildman–Crippen MR) is 94.4 cm³/mol. The molecule has 2 heterocycles. The molecule has 0 radical (unpaired) electrons. The maximum atomic E-state index is 10.9. The zero-order valence-electron chi connectivity index (χ0n) is 15.2. The molecule has 0 aromatic heterocycles. The molecule has 6 heteroatoms. The van der Waals surface area contributed by atoms with Gasteiger partial charge < -0.3 is 28.8 Å². The van der Waals surface area contributed by atoms with Crippen LogP contribution in [0.3, 0.4) is 0 Å². The Morgan fingerprint density at radius 2 is 1.73 bits per heavy atom. The number of rotatable bonds is 3. The van der Waals surface area contributed by atoms with E-state index in [0.29, 0.717) is 17.2 Å². The van der Waals surface area contributed by atoms with Crippen LogP contribution in [0.4, 0.5) is 0 Å². The van der Waals surface area contributed by atoms with Crippen LogP contribution >= 0.6 is 0 Å². The molecule has 2 aromatic carbocycles. The Labute approximate surface area is 152 Å². The molecule has 0 saturated carbocycles. The average molecular weight is 358 g/mol. The summed E-state index contributed by atoms with van der Waals surface area (Å²) < 4.78 is 27.9. The molecule has 2 aliphatic heterocycles. The molecular weight excluding hydrogens is 336 g/mol. The first-order valence-corrected chi connectivity index (χ1v) is 8.51. The fraction of sp³-hybridized carbons (Fsp3) is 0.400. The molecule has 6 nitrogen and oxygen atoms in total. The van der Waals surface area contributed by atoms with Crippen molar-refractivity contribution in [1.29, 1.82) is 0 Å². The van der Waals surface area contributed by atoms with Crippen molar-refractivity contribution in [3.05, 3.63) is 41.5 Å². The van der Waals surface area contributed by atoms with Crippen molar-refractivity contribution in [2.45, 2.75) is 25.6 Å². The van der Waals surface area contributed by atoms with Crippen LogP contribution in [-0.4, -0.2) is 31.9 Å². The second-order valence-electron chi connectivity index (χ2n) is 6.77. The summed E-state index contributed by atoms with van der Waals surface area (Å²) in [6.45, 7) is 3.80. The standard InChI is InChI=1S/C20H22O6/c1-11-19(13-7-12(22-3)5-6-15(13)23-4)14-8-17-18(25-10-24-17)9-16(14)26-20(11,2)21/h5-9,11,19,21H,10H2,1-4H3/t11-,19-,20+/m0/s1. The Balaban J connectivity index is 1.93. The summed E-state index contributed by atoms with van der Waals surface area (Å²) in [5.41, 5.74) is 1.84. The first-order valence-electron chi connectivity index (χ1n) is 8.51. The summed E-state index contributed by atoms with van der Waals surface area (Å²) in [4.78, 5) is 0. The smallest absolute Gasteiger partial charge is 0.231 e. The minimum Gasteiger partial charge on any atom is -0.497 e. The maximum Gasteiger partial charge on any atom is 0.231 e. The summed E-state index contributed by atoms with van der Waals surface area (Å²) in [5.74, 6) is 1.56. The van der Waals surface area contributed by atoms with Crippen molar-refractivity contribution in [2.75, 3.05) is 21.0 Å². The van der Waals surface area contributed by atoms with Gasteiger partial charge in [0.05, 0.1) is 14.2 Å². The van der Waals surface area contributed by atoms with Crippen molar-refractivity contribution in [3.8, 4) is 28.7 Å². The Kier molecular flexibility index (Phi) is 3.88. The van der Waals surface area contributed by atoms with Crippen molar-refractivity contribution in [1.82, 2.24) is 0 Å². The summed E-state index contributed by atoms with van der Waals surface area (Å²) in [6.07, 6.45) is 0. The van der Waals surface area contributed by atoms with Crippen LogP contribution < -0.4 is 23.7 Å². The van der Waals surface area contributed by atoms with Crippen molar-refractivity contribution < 1.29 is 28.8 Å². The molecule has 0 bridgehead atoms. The van der Waals surface area contributed by atoms with Crippen LogP contribution in [0.25, 0.3) is 0 Å². The van der Waals surface area contributed by atoms with Crippen LogP contribution in [0.2, 0.25) is 0 Å². The van der Waals surface area contributed by atoms with Gasteiger partial charge in [0.25, 0.3) is 0 Å². The van der Waals surface area contributed by atoms with Gasteiger partial charge in [-0.2, -0.15) is 0 Å². The maximum absolute atomic E-state index is 10.9. The zero-order valence-corrected chi connectivity index (χ0v) is 15.2. The Bertz CT molecular complexity index is 844. The lowest BCUT2D eigenvalue weighted by molar-refractivity contribution is -0.171. The topological polar surface area (TPSA) is 66.4 Å². The SMILES string of the molecule is COc1ccc(OC)c([C@H]2c3cc4c(cc3O[C@@](C)(O)[C@H]2C)OCO4)c1. The number of aliphatic hydroxyl groups is 1. The summed E-state index contributed by atoms with van der Waals surface area (Å²) in [5, 5.41) is 10.9. The van der Waals surface area contributed by atoms with Gasteiger partial charge in [-0.05, 0) is 24.3 Å². The van der Waals surface area contributed by atoms with Gasteiger partial charge in [0.15, 0.2) is 11.5 Å². The molecule has 0 fully saturated rings. The van der Waals surface area contributed by atoms with Gasteiger partial charge in [-0.1, -0.05) is 6.92 Å². The third kappa shape index (κ3) is 2.52. The molecule has 4 rings (SSSR count). The number of hydrogen-bond acceptors (Lipinski definition) is 6. The minimum atomic E-state index is -1.35. The van der Waals surface area contributed by atoms with Gasteiger partial charge in [0.2, 0.25) is 12.6 Å². The van der Waals surface area contributed by atoms with E-state index in [2.05, 4.69) is 0 Å². The van der Waals surface area contributed by atoms with Gasteiger partial charge in [0.1, 0.15) is 17.2 Å². The monoisotopic (exact) mass is 358 g/mol. The van der Waals surface area contributed by atoms with Gasteiger partial charge in [-0.15, -0.1) is 0 Å². The third-order valence-electron chi connectivity index (χ3n) is 5.27. The van der Waals surface area contributed by atoms with Crippen molar-refractivity contribution >= 4 is 0 Å². The predicted octanol–water partition coefficient (Wildman–Crippen LogP) is 3.30. The van der Waals surface area contributed by atoms with Crippen LogP contribution in [0, 0.1) is 5.92 Å². The molecule has 3 atom stereocenters. The molecule has 26 heavy (non-hydrogen) atoms. The molecule has 0 amide bonds. The molecule has 0 saturated heterocycles. The molecular formula is C20H22O6. The molecule has 2 aromatic rings. The number of benzene rings is 2. The van der Waals surface area contributed by atoms with E-state index in [1.807, 2.05) is 31.2 Å². The normalized spacial score (nSPS) is 26.0. The van der Waals surface area contributed by atoms with Crippen molar-refractivity contribution in [2.24, 2.45) is 5.92 Å². The summed E-state index contributed by atoms with van der Waals surface area (Å²) in [6, 6.07) is 9.36. The molecule has 2 aliphatic rings.